The van der Waals surface area contributed by atoms with Gasteiger partial charge in [-0.25, -0.2) is 0 Å². The first kappa shape index (κ1) is 13.6. The standard InChI is InChI=1S/C14H22N2OS/c1-2-10-4-3-5-12(6-10)16-8-13-7-11(9-18-13)14(15)17/h7,9-10,12,16H,2-6,8H2,1H3,(H2,15,17). The molecule has 1 aromatic heterocycles. The van der Waals surface area contributed by atoms with Gasteiger partial charge in [0, 0.05) is 22.8 Å². The Balaban J connectivity index is 1.81. The predicted molar refractivity (Wildman–Crippen MR) is 75.7 cm³/mol. The smallest absolute Gasteiger partial charge is 0.249 e. The van der Waals surface area contributed by atoms with Crippen LogP contribution >= 0.6 is 11.3 Å². The van der Waals surface area contributed by atoms with Gasteiger partial charge in [-0.2, -0.15) is 0 Å². The minimum Gasteiger partial charge on any atom is -0.366 e. The normalized spacial score (nSPS) is 24.1. The van der Waals surface area contributed by atoms with Crippen LogP contribution in [0, 0.1) is 5.92 Å². The highest BCUT2D eigenvalue weighted by Gasteiger charge is 2.20. The summed E-state index contributed by atoms with van der Waals surface area (Å²) in [6.07, 6.45) is 6.60. The van der Waals surface area contributed by atoms with Gasteiger partial charge in [0.1, 0.15) is 0 Å². The summed E-state index contributed by atoms with van der Waals surface area (Å²) < 4.78 is 0. The van der Waals surface area contributed by atoms with Gasteiger partial charge in [-0.05, 0) is 24.8 Å². The van der Waals surface area contributed by atoms with E-state index in [1.165, 1.54) is 37.0 Å². The Bertz CT molecular complexity index is 402. The van der Waals surface area contributed by atoms with Crippen LogP contribution < -0.4 is 11.1 Å². The molecule has 0 spiro atoms. The van der Waals surface area contributed by atoms with Crippen LogP contribution in [0.3, 0.4) is 0 Å². The Labute approximate surface area is 113 Å². The molecule has 1 saturated carbocycles. The van der Waals surface area contributed by atoms with Crippen molar-refractivity contribution in [1.82, 2.24) is 5.32 Å². The molecule has 1 aliphatic carbocycles. The van der Waals surface area contributed by atoms with Crippen LogP contribution in [0.5, 0.6) is 0 Å². The highest BCUT2D eigenvalue weighted by Crippen LogP contribution is 2.27. The second kappa shape index (κ2) is 6.34. The molecule has 1 aliphatic rings. The molecular weight excluding hydrogens is 244 g/mol. The molecule has 1 aromatic rings. The van der Waals surface area contributed by atoms with Crippen LogP contribution in [0.2, 0.25) is 0 Å². The van der Waals surface area contributed by atoms with Crippen molar-refractivity contribution in [1.29, 1.82) is 0 Å². The molecule has 0 aromatic carbocycles. The molecule has 2 unspecified atom stereocenters. The monoisotopic (exact) mass is 266 g/mol. The van der Waals surface area contributed by atoms with Gasteiger partial charge in [-0.15, -0.1) is 11.3 Å². The lowest BCUT2D eigenvalue weighted by Gasteiger charge is -2.29. The summed E-state index contributed by atoms with van der Waals surface area (Å²) >= 11 is 1.61. The second-order valence-corrected chi connectivity index (χ2v) is 6.18. The summed E-state index contributed by atoms with van der Waals surface area (Å²) in [4.78, 5) is 12.2. The Hall–Kier alpha value is -0.870. The topological polar surface area (TPSA) is 55.1 Å². The van der Waals surface area contributed by atoms with Crippen LogP contribution in [0.15, 0.2) is 11.4 Å². The van der Waals surface area contributed by atoms with E-state index in [1.54, 1.807) is 11.3 Å². The van der Waals surface area contributed by atoms with E-state index >= 15 is 0 Å². The van der Waals surface area contributed by atoms with E-state index in [9.17, 15) is 4.79 Å². The number of amides is 1. The molecule has 2 atom stereocenters. The molecule has 4 heteroatoms. The van der Waals surface area contributed by atoms with E-state index in [0.29, 0.717) is 11.6 Å². The molecule has 1 fully saturated rings. The molecule has 0 saturated heterocycles. The van der Waals surface area contributed by atoms with E-state index in [0.717, 1.165) is 12.5 Å². The van der Waals surface area contributed by atoms with Crippen molar-refractivity contribution in [3.8, 4) is 0 Å². The predicted octanol–water partition coefficient (Wildman–Crippen LogP) is 2.91. The van der Waals surface area contributed by atoms with E-state index in [4.69, 9.17) is 5.73 Å². The third kappa shape index (κ3) is 3.56. The fourth-order valence-electron chi connectivity index (χ4n) is 2.69. The highest BCUT2D eigenvalue weighted by molar-refractivity contribution is 7.10. The van der Waals surface area contributed by atoms with Gasteiger partial charge in [0.15, 0.2) is 0 Å². The Morgan fingerprint density at radius 3 is 3.06 bits per heavy atom. The fourth-order valence-corrected chi connectivity index (χ4v) is 3.52. The number of rotatable bonds is 5. The first-order valence-corrected chi connectivity index (χ1v) is 7.67. The van der Waals surface area contributed by atoms with Gasteiger partial charge in [0.2, 0.25) is 5.91 Å². The molecule has 18 heavy (non-hydrogen) atoms. The van der Waals surface area contributed by atoms with Gasteiger partial charge in [-0.1, -0.05) is 26.2 Å². The number of carbonyl (C=O) groups excluding carboxylic acids is 1. The quantitative estimate of drug-likeness (QED) is 0.861. The molecule has 3 nitrogen and oxygen atoms in total. The minimum absolute atomic E-state index is 0.332. The summed E-state index contributed by atoms with van der Waals surface area (Å²) in [5, 5.41) is 5.46. The average Bonchev–Trinajstić information content (AvgIpc) is 2.85. The maximum atomic E-state index is 11.0. The molecule has 1 heterocycles. The van der Waals surface area contributed by atoms with Crippen molar-refractivity contribution in [3.05, 3.63) is 21.9 Å². The highest BCUT2D eigenvalue weighted by atomic mass is 32.1. The molecule has 100 valence electrons. The molecule has 0 radical (unpaired) electrons. The summed E-state index contributed by atoms with van der Waals surface area (Å²) in [5.41, 5.74) is 5.88. The van der Waals surface area contributed by atoms with Gasteiger partial charge in [0.25, 0.3) is 0 Å². The van der Waals surface area contributed by atoms with Crippen LogP contribution in [0.25, 0.3) is 0 Å². The number of primary amides is 1. The minimum atomic E-state index is -0.332. The zero-order valence-electron chi connectivity index (χ0n) is 10.9. The van der Waals surface area contributed by atoms with Crippen LogP contribution in [0.4, 0.5) is 0 Å². The maximum Gasteiger partial charge on any atom is 0.249 e. The summed E-state index contributed by atoms with van der Waals surface area (Å²) in [6, 6.07) is 2.54. The van der Waals surface area contributed by atoms with Crippen LogP contribution in [-0.2, 0) is 6.54 Å². The zero-order chi connectivity index (χ0) is 13.0. The van der Waals surface area contributed by atoms with E-state index in [-0.39, 0.29) is 5.91 Å². The number of nitrogens with two attached hydrogens (primary N) is 1. The number of carbonyl (C=O) groups is 1. The van der Waals surface area contributed by atoms with Crippen molar-refractivity contribution in [2.45, 2.75) is 51.6 Å². The van der Waals surface area contributed by atoms with E-state index in [1.807, 2.05) is 11.4 Å². The van der Waals surface area contributed by atoms with Gasteiger partial charge in [-0.3, -0.25) is 4.79 Å². The lowest BCUT2D eigenvalue weighted by Crippen LogP contribution is -2.33. The first-order chi connectivity index (χ1) is 8.69. The number of hydrogen-bond acceptors (Lipinski definition) is 3. The second-order valence-electron chi connectivity index (χ2n) is 5.18. The van der Waals surface area contributed by atoms with Gasteiger partial charge < -0.3 is 11.1 Å². The summed E-state index contributed by atoms with van der Waals surface area (Å²) in [5.74, 6) is 0.557. The third-order valence-corrected chi connectivity index (χ3v) is 4.80. The number of thiophene rings is 1. The SMILES string of the molecule is CCC1CCCC(NCc2cc(C(N)=O)cs2)C1. The van der Waals surface area contributed by atoms with Crippen molar-refractivity contribution in [2.75, 3.05) is 0 Å². The molecule has 0 aliphatic heterocycles. The summed E-state index contributed by atoms with van der Waals surface area (Å²) in [6.45, 7) is 3.14. The van der Waals surface area contributed by atoms with Gasteiger partial charge >= 0.3 is 0 Å². The average molecular weight is 266 g/mol. The van der Waals surface area contributed by atoms with Crippen LogP contribution in [0.1, 0.15) is 54.3 Å². The number of hydrogen-bond donors (Lipinski definition) is 2. The van der Waals surface area contributed by atoms with Crippen molar-refractivity contribution in [3.63, 3.8) is 0 Å². The zero-order valence-corrected chi connectivity index (χ0v) is 11.8. The molecule has 3 N–H and O–H groups in total. The largest absolute Gasteiger partial charge is 0.366 e. The lowest BCUT2D eigenvalue weighted by atomic mass is 9.84. The maximum absolute atomic E-state index is 11.0. The van der Waals surface area contributed by atoms with Crippen LogP contribution in [-0.4, -0.2) is 11.9 Å². The Kier molecular flexibility index (Phi) is 4.78. The molecule has 1 amide bonds. The fraction of sp³-hybridized carbons (Fsp3) is 0.643. The number of nitrogens with one attached hydrogen (secondary N) is 1. The van der Waals surface area contributed by atoms with Crippen molar-refractivity contribution < 1.29 is 4.79 Å². The van der Waals surface area contributed by atoms with Crippen molar-refractivity contribution in [2.24, 2.45) is 11.7 Å². The lowest BCUT2D eigenvalue weighted by molar-refractivity contribution is 0.100. The van der Waals surface area contributed by atoms with E-state index < -0.39 is 0 Å². The third-order valence-electron chi connectivity index (χ3n) is 3.86. The van der Waals surface area contributed by atoms with Crippen molar-refractivity contribution >= 4 is 17.2 Å². The molecule has 2 rings (SSSR count). The molecule has 0 bridgehead atoms. The Morgan fingerprint density at radius 2 is 2.39 bits per heavy atom. The first-order valence-electron chi connectivity index (χ1n) is 6.79. The van der Waals surface area contributed by atoms with E-state index in [2.05, 4.69) is 12.2 Å². The Morgan fingerprint density at radius 1 is 1.56 bits per heavy atom. The van der Waals surface area contributed by atoms with Gasteiger partial charge in [0.05, 0.1) is 5.56 Å². The molecular formula is C14H22N2OS. The summed E-state index contributed by atoms with van der Waals surface area (Å²) in [7, 11) is 0.